The van der Waals surface area contributed by atoms with Gasteiger partial charge in [0.05, 0.1) is 6.20 Å². The normalized spacial score (nSPS) is 13.7. The van der Waals surface area contributed by atoms with Gasteiger partial charge in [-0.2, -0.15) is 23.4 Å². The van der Waals surface area contributed by atoms with Crippen molar-refractivity contribution in [2.75, 3.05) is 0 Å². The number of alkyl halides is 4. The van der Waals surface area contributed by atoms with Crippen LogP contribution < -0.4 is 0 Å². The summed E-state index contributed by atoms with van der Waals surface area (Å²) in [5.74, 6) is 0. The lowest BCUT2D eigenvalue weighted by molar-refractivity contribution is -0.184. The maximum Gasteiger partial charge on any atom is 0.425 e. The van der Waals surface area contributed by atoms with Crippen molar-refractivity contribution in [2.24, 2.45) is 0 Å². The molecule has 1 aromatic rings. The molecule has 0 amide bonds. The highest BCUT2D eigenvalue weighted by molar-refractivity contribution is 5.49. The lowest BCUT2D eigenvalue weighted by atomic mass is 10.1. The molecule has 1 atom stereocenters. The molecule has 1 heterocycles. The monoisotopic (exact) mass is 206 g/mol. The van der Waals surface area contributed by atoms with Crippen LogP contribution in [0, 0.1) is 0 Å². The molecule has 0 bridgehead atoms. The minimum absolute atomic E-state index is 0.00942. The Balaban J connectivity index is 3.12. The van der Waals surface area contributed by atoms with Crippen molar-refractivity contribution in [3.8, 4) is 0 Å². The van der Waals surface area contributed by atoms with Crippen LogP contribution >= 0.6 is 0 Å². The van der Waals surface area contributed by atoms with E-state index in [0.717, 1.165) is 6.08 Å². The highest BCUT2D eigenvalue weighted by Crippen LogP contribution is 2.36. The van der Waals surface area contributed by atoms with Gasteiger partial charge in [-0.1, -0.05) is 12.7 Å². The number of hydrogen-bond acceptors (Lipinski definition) is 2. The van der Waals surface area contributed by atoms with E-state index in [9.17, 15) is 17.6 Å². The van der Waals surface area contributed by atoms with Crippen molar-refractivity contribution in [3.05, 3.63) is 30.1 Å². The number of halogens is 4. The molecule has 76 valence electrons. The third kappa shape index (κ3) is 2.07. The largest absolute Gasteiger partial charge is 0.425 e. The first-order chi connectivity index (χ1) is 6.46. The van der Waals surface area contributed by atoms with Gasteiger partial charge in [-0.3, -0.25) is 0 Å². The van der Waals surface area contributed by atoms with Crippen molar-refractivity contribution < 1.29 is 17.6 Å². The van der Waals surface area contributed by atoms with Gasteiger partial charge in [0, 0.05) is 5.56 Å². The average molecular weight is 206 g/mol. The van der Waals surface area contributed by atoms with E-state index in [1.165, 1.54) is 12.3 Å². The summed E-state index contributed by atoms with van der Waals surface area (Å²) >= 11 is 0. The Labute approximate surface area is 77.3 Å². The second-order valence-electron chi connectivity index (χ2n) is 2.48. The van der Waals surface area contributed by atoms with E-state index in [-0.39, 0.29) is 5.56 Å². The zero-order valence-corrected chi connectivity index (χ0v) is 6.92. The SMILES string of the molecule is C=Cc1ccnnc1C(F)C(F)(F)F. The van der Waals surface area contributed by atoms with E-state index < -0.39 is 18.0 Å². The van der Waals surface area contributed by atoms with E-state index in [0.29, 0.717) is 0 Å². The van der Waals surface area contributed by atoms with E-state index in [4.69, 9.17) is 0 Å². The summed E-state index contributed by atoms with van der Waals surface area (Å²) in [5, 5.41) is 6.29. The second-order valence-corrected chi connectivity index (χ2v) is 2.48. The minimum atomic E-state index is -4.96. The first kappa shape index (κ1) is 10.6. The van der Waals surface area contributed by atoms with Crippen molar-refractivity contribution >= 4 is 6.08 Å². The fourth-order valence-electron chi connectivity index (χ4n) is 0.877. The van der Waals surface area contributed by atoms with Crippen molar-refractivity contribution in [1.82, 2.24) is 10.2 Å². The zero-order valence-electron chi connectivity index (χ0n) is 6.92. The Hall–Kier alpha value is -1.46. The summed E-state index contributed by atoms with van der Waals surface area (Å²) in [6, 6.07) is 1.22. The molecular weight excluding hydrogens is 200 g/mol. The molecule has 1 aromatic heterocycles. The molecule has 6 heteroatoms. The molecule has 0 spiro atoms. The van der Waals surface area contributed by atoms with E-state index in [2.05, 4.69) is 16.8 Å². The third-order valence-corrected chi connectivity index (χ3v) is 1.53. The summed E-state index contributed by atoms with van der Waals surface area (Å²) in [6.45, 7) is 3.25. The summed E-state index contributed by atoms with van der Waals surface area (Å²) in [5.41, 5.74) is -0.764. The second kappa shape index (κ2) is 3.73. The average Bonchev–Trinajstić information content (AvgIpc) is 2.15. The van der Waals surface area contributed by atoms with Gasteiger partial charge >= 0.3 is 6.18 Å². The maximum absolute atomic E-state index is 12.8. The summed E-state index contributed by atoms with van der Waals surface area (Å²) < 4.78 is 48.7. The van der Waals surface area contributed by atoms with Crippen molar-refractivity contribution in [1.29, 1.82) is 0 Å². The van der Waals surface area contributed by atoms with Crippen LogP contribution in [0.25, 0.3) is 6.08 Å². The highest BCUT2D eigenvalue weighted by Gasteiger charge is 2.43. The maximum atomic E-state index is 12.8. The van der Waals surface area contributed by atoms with Crippen LogP contribution in [-0.4, -0.2) is 16.4 Å². The molecule has 0 aliphatic heterocycles. The van der Waals surface area contributed by atoms with Crippen LogP contribution in [0.4, 0.5) is 17.6 Å². The van der Waals surface area contributed by atoms with Crippen LogP contribution in [0.2, 0.25) is 0 Å². The Bertz CT molecular complexity index is 334. The predicted molar refractivity (Wildman–Crippen MR) is 42.0 cm³/mol. The lowest BCUT2D eigenvalue weighted by Gasteiger charge is -2.12. The van der Waals surface area contributed by atoms with Gasteiger partial charge in [0.15, 0.2) is 0 Å². The predicted octanol–water partition coefficient (Wildman–Crippen LogP) is 2.69. The summed E-state index contributed by atoms with van der Waals surface area (Å²) in [4.78, 5) is 0. The Morgan fingerprint density at radius 1 is 1.43 bits per heavy atom. The van der Waals surface area contributed by atoms with Crippen LogP contribution in [0.3, 0.4) is 0 Å². The highest BCUT2D eigenvalue weighted by atomic mass is 19.4. The first-order valence-electron chi connectivity index (χ1n) is 3.61. The number of nitrogens with zero attached hydrogens (tertiary/aromatic N) is 2. The van der Waals surface area contributed by atoms with Crippen LogP contribution in [0.1, 0.15) is 17.4 Å². The molecule has 0 aliphatic carbocycles. The van der Waals surface area contributed by atoms with E-state index in [1.807, 2.05) is 0 Å². The third-order valence-electron chi connectivity index (χ3n) is 1.53. The molecule has 0 fully saturated rings. The number of aromatic nitrogens is 2. The smallest absolute Gasteiger partial charge is 0.230 e. The summed E-state index contributed by atoms with van der Waals surface area (Å²) in [7, 11) is 0. The molecule has 2 nitrogen and oxygen atoms in total. The Kier molecular flexibility index (Phi) is 2.83. The molecule has 0 saturated heterocycles. The van der Waals surface area contributed by atoms with E-state index in [1.54, 1.807) is 0 Å². The minimum Gasteiger partial charge on any atom is -0.230 e. The van der Waals surface area contributed by atoms with Crippen LogP contribution in [0.15, 0.2) is 18.8 Å². The molecule has 0 saturated carbocycles. The topological polar surface area (TPSA) is 25.8 Å². The fourth-order valence-corrected chi connectivity index (χ4v) is 0.877. The van der Waals surface area contributed by atoms with Gasteiger partial charge in [0.1, 0.15) is 5.69 Å². The molecule has 0 aromatic carbocycles. The lowest BCUT2D eigenvalue weighted by Crippen LogP contribution is -2.19. The Morgan fingerprint density at radius 3 is 2.57 bits per heavy atom. The van der Waals surface area contributed by atoms with Gasteiger partial charge in [0.2, 0.25) is 6.17 Å². The fraction of sp³-hybridized carbons (Fsp3) is 0.250. The molecule has 1 rings (SSSR count). The molecule has 14 heavy (non-hydrogen) atoms. The van der Waals surface area contributed by atoms with E-state index >= 15 is 0 Å². The first-order valence-corrected chi connectivity index (χ1v) is 3.61. The van der Waals surface area contributed by atoms with Gasteiger partial charge < -0.3 is 0 Å². The molecular formula is C8H6F4N2. The van der Waals surface area contributed by atoms with Gasteiger partial charge in [-0.15, -0.1) is 0 Å². The number of hydrogen-bond donors (Lipinski definition) is 0. The van der Waals surface area contributed by atoms with Gasteiger partial charge in [0.25, 0.3) is 0 Å². The molecule has 1 unspecified atom stereocenters. The van der Waals surface area contributed by atoms with Gasteiger partial charge in [-0.25, -0.2) is 4.39 Å². The molecule has 0 N–H and O–H groups in total. The number of rotatable bonds is 2. The Morgan fingerprint density at radius 2 is 2.07 bits per heavy atom. The quantitative estimate of drug-likeness (QED) is 0.695. The molecule has 0 aliphatic rings. The molecule has 0 radical (unpaired) electrons. The van der Waals surface area contributed by atoms with Gasteiger partial charge in [-0.05, 0) is 6.07 Å². The van der Waals surface area contributed by atoms with Crippen LogP contribution in [0.5, 0.6) is 0 Å². The van der Waals surface area contributed by atoms with Crippen LogP contribution in [-0.2, 0) is 0 Å². The van der Waals surface area contributed by atoms with Crippen molar-refractivity contribution in [3.63, 3.8) is 0 Å². The standard InChI is InChI=1S/C8H6F4N2/c1-2-5-3-4-13-14-6(5)7(9)8(10,11)12/h2-4,7H,1H2. The summed E-state index contributed by atoms with van der Waals surface area (Å²) in [6.07, 6.45) is -5.82. The van der Waals surface area contributed by atoms with Crippen molar-refractivity contribution in [2.45, 2.75) is 12.3 Å². The zero-order chi connectivity index (χ0) is 10.8.